The molecule has 3 unspecified atom stereocenters. The van der Waals surface area contributed by atoms with Gasteiger partial charge in [-0.3, -0.25) is 0 Å². The Morgan fingerprint density at radius 3 is 2.57 bits per heavy atom. The summed E-state index contributed by atoms with van der Waals surface area (Å²) in [7, 11) is 0. The average molecular weight is 199 g/mol. The van der Waals surface area contributed by atoms with E-state index in [1.165, 1.54) is 25.7 Å². The summed E-state index contributed by atoms with van der Waals surface area (Å²) in [4.78, 5) is 0. The first-order valence-corrected chi connectivity index (χ1v) is 5.84. The lowest BCUT2D eigenvalue weighted by Gasteiger charge is -2.42. The van der Waals surface area contributed by atoms with Crippen LogP contribution in [0.5, 0.6) is 0 Å². The summed E-state index contributed by atoms with van der Waals surface area (Å²) in [5, 5.41) is 0. The maximum absolute atomic E-state index is 5.98. The normalized spacial score (nSPS) is 38.6. The number of hydrogen-bond acceptors (Lipinski definition) is 3. The van der Waals surface area contributed by atoms with Crippen molar-refractivity contribution in [2.45, 2.75) is 63.4 Å². The Labute approximate surface area is 85.9 Å². The molecule has 82 valence electrons. The first-order valence-electron chi connectivity index (χ1n) is 5.84. The van der Waals surface area contributed by atoms with E-state index >= 15 is 0 Å². The Kier molecular flexibility index (Phi) is 3.42. The van der Waals surface area contributed by atoms with Crippen molar-refractivity contribution < 1.29 is 9.47 Å². The van der Waals surface area contributed by atoms with Gasteiger partial charge in [0.15, 0.2) is 0 Å². The number of ether oxygens (including phenoxy) is 2. The Balaban J connectivity index is 1.75. The summed E-state index contributed by atoms with van der Waals surface area (Å²) in [6.45, 7) is 2.75. The molecule has 3 nitrogen and oxygen atoms in total. The van der Waals surface area contributed by atoms with Gasteiger partial charge in [-0.2, -0.15) is 0 Å². The Bertz CT molecular complexity index is 180. The molecule has 2 aliphatic rings. The highest BCUT2D eigenvalue weighted by atomic mass is 16.6. The first kappa shape index (κ1) is 10.4. The molecule has 0 aromatic heterocycles. The van der Waals surface area contributed by atoms with E-state index in [0.29, 0.717) is 6.10 Å². The van der Waals surface area contributed by atoms with E-state index in [4.69, 9.17) is 15.2 Å². The quantitative estimate of drug-likeness (QED) is 0.745. The molecule has 2 N–H and O–H groups in total. The summed E-state index contributed by atoms with van der Waals surface area (Å²) < 4.78 is 11.5. The van der Waals surface area contributed by atoms with Gasteiger partial charge in [0.05, 0.1) is 18.3 Å². The topological polar surface area (TPSA) is 44.5 Å². The SMILES string of the molecule is CCOC1C(N)CC1OC1CCCC1. The minimum absolute atomic E-state index is 0.153. The van der Waals surface area contributed by atoms with Gasteiger partial charge in [0.25, 0.3) is 0 Å². The Morgan fingerprint density at radius 1 is 1.29 bits per heavy atom. The Morgan fingerprint density at radius 2 is 2.00 bits per heavy atom. The molecule has 2 saturated carbocycles. The molecule has 2 aliphatic carbocycles. The molecule has 0 aromatic carbocycles. The third-order valence-electron chi connectivity index (χ3n) is 3.32. The third kappa shape index (κ3) is 2.10. The number of hydrogen-bond donors (Lipinski definition) is 1. The van der Waals surface area contributed by atoms with Crippen molar-refractivity contribution >= 4 is 0 Å². The van der Waals surface area contributed by atoms with Crippen LogP contribution in [0.25, 0.3) is 0 Å². The summed E-state index contributed by atoms with van der Waals surface area (Å²) in [5.41, 5.74) is 5.87. The molecular formula is C11H21NO2. The molecule has 0 radical (unpaired) electrons. The molecule has 0 spiro atoms. The van der Waals surface area contributed by atoms with Crippen molar-refractivity contribution in [1.82, 2.24) is 0 Å². The summed E-state index contributed by atoms with van der Waals surface area (Å²) >= 11 is 0. The van der Waals surface area contributed by atoms with Crippen LogP contribution >= 0.6 is 0 Å². The number of nitrogens with two attached hydrogens (primary N) is 1. The predicted molar refractivity (Wildman–Crippen MR) is 55.1 cm³/mol. The van der Waals surface area contributed by atoms with Crippen LogP contribution in [-0.2, 0) is 9.47 Å². The van der Waals surface area contributed by atoms with E-state index in [2.05, 4.69) is 0 Å². The molecule has 0 amide bonds. The maximum atomic E-state index is 5.98. The highest BCUT2D eigenvalue weighted by Gasteiger charge is 2.41. The fraction of sp³-hybridized carbons (Fsp3) is 1.00. The minimum atomic E-state index is 0.153. The molecule has 2 rings (SSSR count). The molecular weight excluding hydrogens is 178 g/mol. The molecule has 0 aliphatic heterocycles. The van der Waals surface area contributed by atoms with Gasteiger partial charge in [-0.25, -0.2) is 0 Å². The van der Waals surface area contributed by atoms with Gasteiger partial charge < -0.3 is 15.2 Å². The second-order valence-electron chi connectivity index (χ2n) is 4.40. The minimum Gasteiger partial charge on any atom is -0.374 e. The lowest BCUT2D eigenvalue weighted by atomic mass is 9.86. The highest BCUT2D eigenvalue weighted by Crippen LogP contribution is 2.31. The summed E-state index contributed by atoms with van der Waals surface area (Å²) in [5.74, 6) is 0. The summed E-state index contributed by atoms with van der Waals surface area (Å²) in [6.07, 6.45) is 6.98. The Hall–Kier alpha value is -0.120. The van der Waals surface area contributed by atoms with Gasteiger partial charge in [-0.15, -0.1) is 0 Å². The molecule has 0 aromatic rings. The zero-order valence-electron chi connectivity index (χ0n) is 8.95. The monoisotopic (exact) mass is 199 g/mol. The fourth-order valence-electron chi connectivity index (χ4n) is 2.44. The molecule has 0 heterocycles. The fourth-order valence-corrected chi connectivity index (χ4v) is 2.44. The van der Waals surface area contributed by atoms with Gasteiger partial charge in [-0.1, -0.05) is 12.8 Å². The van der Waals surface area contributed by atoms with Crippen molar-refractivity contribution in [2.24, 2.45) is 5.73 Å². The van der Waals surface area contributed by atoms with Crippen molar-refractivity contribution in [1.29, 1.82) is 0 Å². The smallest absolute Gasteiger partial charge is 0.0988 e. The lowest BCUT2D eigenvalue weighted by Crippen LogP contribution is -2.58. The standard InChI is InChI=1S/C11H21NO2/c1-2-13-11-9(12)7-10(11)14-8-5-3-4-6-8/h8-11H,2-7,12H2,1H3. The van der Waals surface area contributed by atoms with Crippen LogP contribution in [-0.4, -0.2) is 31.0 Å². The van der Waals surface area contributed by atoms with Crippen molar-refractivity contribution in [3.05, 3.63) is 0 Å². The van der Waals surface area contributed by atoms with Crippen LogP contribution in [0.15, 0.2) is 0 Å². The van der Waals surface area contributed by atoms with Gasteiger partial charge in [0, 0.05) is 12.6 Å². The van der Waals surface area contributed by atoms with E-state index in [9.17, 15) is 0 Å². The zero-order chi connectivity index (χ0) is 9.97. The van der Waals surface area contributed by atoms with Crippen molar-refractivity contribution in [2.75, 3.05) is 6.61 Å². The first-order chi connectivity index (χ1) is 6.81. The van der Waals surface area contributed by atoms with Gasteiger partial charge >= 0.3 is 0 Å². The average Bonchev–Trinajstić information content (AvgIpc) is 2.66. The van der Waals surface area contributed by atoms with E-state index < -0.39 is 0 Å². The van der Waals surface area contributed by atoms with E-state index in [-0.39, 0.29) is 18.2 Å². The van der Waals surface area contributed by atoms with Crippen LogP contribution < -0.4 is 5.73 Å². The van der Waals surface area contributed by atoms with Crippen molar-refractivity contribution in [3.8, 4) is 0 Å². The van der Waals surface area contributed by atoms with Crippen LogP contribution in [0.2, 0.25) is 0 Å². The molecule has 3 heteroatoms. The second-order valence-corrected chi connectivity index (χ2v) is 4.40. The van der Waals surface area contributed by atoms with Crippen LogP contribution in [0.1, 0.15) is 39.0 Å². The summed E-state index contributed by atoms with van der Waals surface area (Å²) in [6, 6.07) is 0.196. The van der Waals surface area contributed by atoms with Gasteiger partial charge in [0.1, 0.15) is 0 Å². The van der Waals surface area contributed by atoms with E-state index in [0.717, 1.165) is 13.0 Å². The molecule has 0 bridgehead atoms. The van der Waals surface area contributed by atoms with Crippen LogP contribution in [0, 0.1) is 0 Å². The zero-order valence-corrected chi connectivity index (χ0v) is 8.95. The highest BCUT2D eigenvalue weighted by molar-refractivity contribution is 4.95. The van der Waals surface area contributed by atoms with Crippen molar-refractivity contribution in [3.63, 3.8) is 0 Å². The number of rotatable bonds is 4. The van der Waals surface area contributed by atoms with Gasteiger partial charge in [-0.05, 0) is 26.2 Å². The van der Waals surface area contributed by atoms with Crippen LogP contribution in [0.4, 0.5) is 0 Å². The predicted octanol–water partition coefficient (Wildman–Crippen LogP) is 1.45. The van der Waals surface area contributed by atoms with E-state index in [1.54, 1.807) is 0 Å². The second kappa shape index (κ2) is 4.60. The molecule has 2 fully saturated rings. The van der Waals surface area contributed by atoms with E-state index in [1.807, 2.05) is 6.92 Å². The maximum Gasteiger partial charge on any atom is 0.0988 e. The van der Waals surface area contributed by atoms with Gasteiger partial charge in [0.2, 0.25) is 0 Å². The third-order valence-corrected chi connectivity index (χ3v) is 3.32. The molecule has 14 heavy (non-hydrogen) atoms. The van der Waals surface area contributed by atoms with Crippen LogP contribution in [0.3, 0.4) is 0 Å². The lowest BCUT2D eigenvalue weighted by molar-refractivity contribution is -0.157. The molecule has 0 saturated heterocycles. The largest absolute Gasteiger partial charge is 0.374 e. The molecule has 3 atom stereocenters.